The molecule has 1 unspecified atom stereocenters. The molecule has 7 nitrogen and oxygen atoms in total. The molecular formula is C21H37IN4O3S. The summed E-state index contributed by atoms with van der Waals surface area (Å²) in [4.78, 5) is 6.81. The summed E-state index contributed by atoms with van der Waals surface area (Å²) in [6, 6.07) is 8.26. The van der Waals surface area contributed by atoms with E-state index in [2.05, 4.69) is 53.4 Å². The molecule has 1 saturated heterocycles. The van der Waals surface area contributed by atoms with Crippen LogP contribution in [-0.2, 0) is 9.84 Å². The number of sulfone groups is 1. The summed E-state index contributed by atoms with van der Waals surface area (Å²) in [7, 11) is -2.83. The fraction of sp³-hybridized carbons (Fsp3) is 0.667. The van der Waals surface area contributed by atoms with Crippen molar-refractivity contribution >= 4 is 39.8 Å². The number of benzene rings is 1. The van der Waals surface area contributed by atoms with Crippen molar-refractivity contribution in [2.24, 2.45) is 10.9 Å². The van der Waals surface area contributed by atoms with E-state index < -0.39 is 9.84 Å². The van der Waals surface area contributed by atoms with Crippen LogP contribution in [0.3, 0.4) is 0 Å². The molecule has 1 heterocycles. The number of halogens is 1. The third kappa shape index (κ3) is 9.82. The van der Waals surface area contributed by atoms with Gasteiger partial charge in [0.25, 0.3) is 0 Å². The fourth-order valence-corrected chi connectivity index (χ4v) is 4.28. The lowest BCUT2D eigenvalue weighted by Gasteiger charge is -2.26. The molecule has 1 aliphatic heterocycles. The van der Waals surface area contributed by atoms with E-state index in [9.17, 15) is 8.42 Å². The maximum Gasteiger partial charge on any atom is 0.191 e. The molecule has 0 aromatic heterocycles. The zero-order valence-electron chi connectivity index (χ0n) is 18.6. The first-order valence-electron chi connectivity index (χ1n) is 10.5. The molecule has 172 valence electrons. The molecule has 2 N–H and O–H groups in total. The van der Waals surface area contributed by atoms with Gasteiger partial charge in [0.15, 0.2) is 15.8 Å². The van der Waals surface area contributed by atoms with Gasteiger partial charge in [0.1, 0.15) is 5.75 Å². The smallest absolute Gasteiger partial charge is 0.191 e. The first-order valence-corrected chi connectivity index (χ1v) is 12.3. The molecule has 0 bridgehead atoms. The lowest BCUT2D eigenvalue weighted by molar-refractivity contribution is 0.271. The van der Waals surface area contributed by atoms with E-state index in [0.29, 0.717) is 32.2 Å². The van der Waals surface area contributed by atoms with E-state index in [1.807, 2.05) is 19.1 Å². The number of guanidine groups is 1. The van der Waals surface area contributed by atoms with Gasteiger partial charge in [0, 0.05) is 26.2 Å². The molecule has 0 radical (unpaired) electrons. The van der Waals surface area contributed by atoms with Crippen molar-refractivity contribution < 1.29 is 13.2 Å². The summed E-state index contributed by atoms with van der Waals surface area (Å²) in [5, 5.41) is 6.72. The molecule has 0 amide bonds. The largest absolute Gasteiger partial charge is 0.493 e. The van der Waals surface area contributed by atoms with Gasteiger partial charge in [0.2, 0.25) is 0 Å². The highest BCUT2D eigenvalue weighted by atomic mass is 127. The lowest BCUT2D eigenvalue weighted by atomic mass is 10.1. The predicted molar refractivity (Wildman–Crippen MR) is 135 cm³/mol. The average molecular weight is 553 g/mol. The van der Waals surface area contributed by atoms with Gasteiger partial charge in [-0.05, 0) is 37.5 Å². The second-order valence-electron chi connectivity index (χ2n) is 7.89. The van der Waals surface area contributed by atoms with Crippen LogP contribution < -0.4 is 15.4 Å². The van der Waals surface area contributed by atoms with E-state index in [1.165, 1.54) is 0 Å². The minimum atomic E-state index is -2.83. The summed E-state index contributed by atoms with van der Waals surface area (Å²) < 4.78 is 28.8. The number of aliphatic imine (C=N–C) groups is 1. The molecule has 1 aromatic carbocycles. The minimum absolute atomic E-state index is 0. The highest BCUT2D eigenvalue weighted by Gasteiger charge is 2.20. The van der Waals surface area contributed by atoms with Crippen molar-refractivity contribution in [2.75, 3.05) is 50.8 Å². The molecule has 1 aliphatic rings. The highest BCUT2D eigenvalue weighted by molar-refractivity contribution is 14.0. The molecule has 1 atom stereocenters. The van der Waals surface area contributed by atoms with E-state index in [4.69, 9.17) is 4.74 Å². The Labute approximate surface area is 199 Å². The van der Waals surface area contributed by atoms with Crippen LogP contribution in [0, 0.1) is 5.92 Å². The maximum atomic E-state index is 11.5. The van der Waals surface area contributed by atoms with Crippen LogP contribution in [0.4, 0.5) is 0 Å². The molecule has 2 rings (SSSR count). The highest BCUT2D eigenvalue weighted by Crippen LogP contribution is 2.18. The predicted octanol–water partition coefficient (Wildman–Crippen LogP) is 2.69. The molecule has 1 aromatic rings. The van der Waals surface area contributed by atoms with Gasteiger partial charge >= 0.3 is 0 Å². The molecule has 9 heteroatoms. The monoisotopic (exact) mass is 552 g/mol. The summed E-state index contributed by atoms with van der Waals surface area (Å²) in [5.74, 6) is 2.67. The van der Waals surface area contributed by atoms with Crippen LogP contribution in [0.1, 0.15) is 39.3 Å². The topological polar surface area (TPSA) is 83.0 Å². The SMILES string of the molecule is CCNC(=NCCN1CCS(=O)(=O)CC1)NC(C)c1ccc(OCC(C)C)cc1.I. The standard InChI is InChI=1S/C21H36N4O3S.HI/c1-5-22-21(23-10-11-25-12-14-29(26,27)15-13-25)24-18(4)19-6-8-20(9-7-19)28-16-17(2)3;/h6-9,17-18H,5,10-16H2,1-4H3,(H2,22,23,24);1H. The Hall–Kier alpha value is -1.07. The second kappa shape index (κ2) is 13.4. The van der Waals surface area contributed by atoms with E-state index in [-0.39, 0.29) is 41.5 Å². The summed E-state index contributed by atoms with van der Waals surface area (Å²) in [6.45, 7) is 12.5. The van der Waals surface area contributed by atoms with Crippen molar-refractivity contribution in [2.45, 2.75) is 33.7 Å². The van der Waals surface area contributed by atoms with Gasteiger partial charge < -0.3 is 15.4 Å². The molecule has 0 saturated carbocycles. The zero-order chi connectivity index (χ0) is 21.3. The van der Waals surface area contributed by atoms with Gasteiger partial charge in [-0.3, -0.25) is 9.89 Å². The molecule has 0 spiro atoms. The van der Waals surface area contributed by atoms with Crippen molar-refractivity contribution in [3.05, 3.63) is 29.8 Å². The lowest BCUT2D eigenvalue weighted by Crippen LogP contribution is -2.42. The van der Waals surface area contributed by atoms with E-state index >= 15 is 0 Å². The van der Waals surface area contributed by atoms with Crippen LogP contribution in [0.15, 0.2) is 29.3 Å². The Morgan fingerprint density at radius 1 is 1.17 bits per heavy atom. The number of hydrogen-bond donors (Lipinski definition) is 2. The Morgan fingerprint density at radius 3 is 2.37 bits per heavy atom. The van der Waals surface area contributed by atoms with Gasteiger partial charge in [-0.15, -0.1) is 24.0 Å². The van der Waals surface area contributed by atoms with Crippen LogP contribution in [0.5, 0.6) is 5.75 Å². The molecular weight excluding hydrogens is 515 g/mol. The first-order chi connectivity index (χ1) is 13.8. The van der Waals surface area contributed by atoms with Crippen LogP contribution >= 0.6 is 24.0 Å². The molecule has 1 fully saturated rings. The Bertz CT molecular complexity index is 740. The first kappa shape index (κ1) is 27.0. The van der Waals surface area contributed by atoms with Crippen LogP contribution in [-0.4, -0.2) is 70.1 Å². The van der Waals surface area contributed by atoms with Crippen LogP contribution in [0.2, 0.25) is 0 Å². The van der Waals surface area contributed by atoms with Crippen molar-refractivity contribution in [1.29, 1.82) is 0 Å². The normalized spacial score (nSPS) is 17.8. The number of nitrogens with one attached hydrogen (secondary N) is 2. The van der Waals surface area contributed by atoms with Crippen molar-refractivity contribution in [3.63, 3.8) is 0 Å². The van der Waals surface area contributed by atoms with Gasteiger partial charge in [-0.2, -0.15) is 0 Å². The average Bonchev–Trinajstić information content (AvgIpc) is 2.68. The summed E-state index contributed by atoms with van der Waals surface area (Å²) >= 11 is 0. The zero-order valence-corrected chi connectivity index (χ0v) is 21.7. The summed E-state index contributed by atoms with van der Waals surface area (Å²) in [6.07, 6.45) is 0. The van der Waals surface area contributed by atoms with E-state index in [1.54, 1.807) is 0 Å². The van der Waals surface area contributed by atoms with Crippen molar-refractivity contribution in [1.82, 2.24) is 15.5 Å². The third-order valence-corrected chi connectivity index (χ3v) is 6.39. The Morgan fingerprint density at radius 2 is 1.80 bits per heavy atom. The molecule has 0 aliphatic carbocycles. The fourth-order valence-electron chi connectivity index (χ4n) is 3.00. The van der Waals surface area contributed by atoms with Gasteiger partial charge in [-0.1, -0.05) is 26.0 Å². The number of ether oxygens (including phenoxy) is 1. The van der Waals surface area contributed by atoms with Crippen LogP contribution in [0.25, 0.3) is 0 Å². The second-order valence-corrected chi connectivity index (χ2v) is 10.2. The number of hydrogen-bond acceptors (Lipinski definition) is 5. The van der Waals surface area contributed by atoms with Crippen molar-refractivity contribution in [3.8, 4) is 5.75 Å². The third-order valence-electron chi connectivity index (χ3n) is 4.78. The Kier molecular flexibility index (Phi) is 12.0. The summed E-state index contributed by atoms with van der Waals surface area (Å²) in [5.41, 5.74) is 1.16. The number of rotatable bonds is 9. The molecule has 30 heavy (non-hydrogen) atoms. The van der Waals surface area contributed by atoms with Gasteiger partial charge in [-0.25, -0.2) is 8.42 Å². The maximum absolute atomic E-state index is 11.5. The Balaban J connectivity index is 0.00000450. The van der Waals surface area contributed by atoms with Gasteiger partial charge in [0.05, 0.1) is 30.7 Å². The van der Waals surface area contributed by atoms with E-state index in [0.717, 1.165) is 30.4 Å². The quantitative estimate of drug-likeness (QED) is 0.279. The minimum Gasteiger partial charge on any atom is -0.493 e. The number of nitrogens with zero attached hydrogens (tertiary/aromatic N) is 2.